The van der Waals surface area contributed by atoms with E-state index in [4.69, 9.17) is 0 Å². The Labute approximate surface area is 104 Å². The van der Waals surface area contributed by atoms with Crippen LogP contribution < -0.4 is 0 Å². The van der Waals surface area contributed by atoms with Crippen LogP contribution in [-0.2, 0) is 0 Å². The van der Waals surface area contributed by atoms with E-state index in [1.807, 2.05) is 24.3 Å². The topological polar surface area (TPSA) is 47.8 Å². The highest BCUT2D eigenvalue weighted by Crippen LogP contribution is 2.27. The standard InChI is InChI=1S/C10H6BrN3OS/c11-7-3-1-2-6(4-7)9-12-10-14(13-9)8(15)5-16-10/h1-4H,5H2. The van der Waals surface area contributed by atoms with Gasteiger partial charge in [-0.1, -0.05) is 39.8 Å². The summed E-state index contributed by atoms with van der Waals surface area (Å²) in [6, 6.07) is 7.71. The number of hydrogen-bond acceptors (Lipinski definition) is 4. The van der Waals surface area contributed by atoms with Crippen LogP contribution in [-0.4, -0.2) is 26.4 Å². The Hall–Kier alpha value is -1.14. The third kappa shape index (κ3) is 1.58. The van der Waals surface area contributed by atoms with Crippen LogP contribution in [0.25, 0.3) is 11.4 Å². The Morgan fingerprint density at radius 2 is 2.31 bits per heavy atom. The largest absolute Gasteiger partial charge is 0.271 e. The summed E-state index contributed by atoms with van der Waals surface area (Å²) in [6.45, 7) is 0. The molecule has 0 N–H and O–H groups in total. The number of halogens is 1. The highest BCUT2D eigenvalue weighted by Gasteiger charge is 2.24. The summed E-state index contributed by atoms with van der Waals surface area (Å²) in [4.78, 5) is 15.7. The van der Waals surface area contributed by atoms with Crippen molar-refractivity contribution in [3.8, 4) is 11.4 Å². The summed E-state index contributed by atoms with van der Waals surface area (Å²) >= 11 is 4.82. The number of aromatic nitrogens is 3. The summed E-state index contributed by atoms with van der Waals surface area (Å²) < 4.78 is 2.35. The molecule has 16 heavy (non-hydrogen) atoms. The molecule has 6 heteroatoms. The van der Waals surface area contributed by atoms with E-state index in [2.05, 4.69) is 26.0 Å². The van der Waals surface area contributed by atoms with Crippen LogP contribution in [0.5, 0.6) is 0 Å². The SMILES string of the molecule is O=C1CSc2nc(-c3cccc(Br)c3)nn21. The van der Waals surface area contributed by atoms with Crippen molar-refractivity contribution in [2.45, 2.75) is 5.16 Å². The molecule has 0 aliphatic carbocycles. The minimum atomic E-state index is -0.00579. The smallest absolute Gasteiger partial charge is 0.259 e. The number of carbonyl (C=O) groups excluding carboxylic acids is 1. The first-order chi connectivity index (χ1) is 7.74. The molecule has 2 heterocycles. The molecule has 0 bridgehead atoms. The lowest BCUT2D eigenvalue weighted by molar-refractivity contribution is 0.0923. The zero-order chi connectivity index (χ0) is 11.1. The van der Waals surface area contributed by atoms with Gasteiger partial charge in [0.05, 0.1) is 5.75 Å². The Kier molecular flexibility index (Phi) is 2.33. The molecule has 2 aromatic rings. The minimum absolute atomic E-state index is 0.00579. The molecule has 1 aromatic carbocycles. The van der Waals surface area contributed by atoms with Crippen LogP contribution in [0.3, 0.4) is 0 Å². The lowest BCUT2D eigenvalue weighted by atomic mass is 10.2. The van der Waals surface area contributed by atoms with Gasteiger partial charge in [-0.2, -0.15) is 4.68 Å². The Bertz CT molecular complexity index is 581. The maximum absolute atomic E-state index is 11.4. The number of thioether (sulfide) groups is 1. The molecule has 0 unspecified atom stereocenters. The van der Waals surface area contributed by atoms with Crippen LogP contribution in [0.15, 0.2) is 33.9 Å². The summed E-state index contributed by atoms with van der Waals surface area (Å²) in [5.74, 6) is 1.03. The molecule has 0 spiro atoms. The Balaban J connectivity index is 2.08. The van der Waals surface area contributed by atoms with Gasteiger partial charge in [-0.15, -0.1) is 5.10 Å². The maximum Gasteiger partial charge on any atom is 0.259 e. The Morgan fingerprint density at radius 3 is 3.06 bits per heavy atom. The maximum atomic E-state index is 11.4. The second-order valence-electron chi connectivity index (χ2n) is 3.32. The van der Waals surface area contributed by atoms with Crippen LogP contribution in [0, 0.1) is 0 Å². The van der Waals surface area contributed by atoms with Crippen molar-refractivity contribution >= 4 is 33.6 Å². The van der Waals surface area contributed by atoms with Gasteiger partial charge < -0.3 is 0 Å². The monoisotopic (exact) mass is 295 g/mol. The molecular formula is C10H6BrN3OS. The zero-order valence-corrected chi connectivity index (χ0v) is 10.5. The van der Waals surface area contributed by atoms with Crippen molar-refractivity contribution in [3.05, 3.63) is 28.7 Å². The molecule has 0 amide bonds. The molecule has 0 atom stereocenters. The Morgan fingerprint density at radius 1 is 1.44 bits per heavy atom. The van der Waals surface area contributed by atoms with Gasteiger partial charge in [0.2, 0.25) is 0 Å². The number of carbonyl (C=O) groups is 1. The van der Waals surface area contributed by atoms with Crippen LogP contribution in [0.1, 0.15) is 4.79 Å². The van der Waals surface area contributed by atoms with E-state index >= 15 is 0 Å². The molecular weight excluding hydrogens is 290 g/mol. The van der Waals surface area contributed by atoms with Gasteiger partial charge in [0, 0.05) is 10.0 Å². The van der Waals surface area contributed by atoms with E-state index in [9.17, 15) is 4.79 Å². The van der Waals surface area contributed by atoms with E-state index in [1.165, 1.54) is 16.4 Å². The number of nitrogens with zero attached hydrogens (tertiary/aromatic N) is 3. The molecule has 0 fully saturated rings. The lowest BCUT2D eigenvalue weighted by Crippen LogP contribution is -2.08. The summed E-state index contributed by atoms with van der Waals surface area (Å²) in [5, 5.41) is 4.88. The number of rotatable bonds is 1. The van der Waals surface area contributed by atoms with E-state index in [0.29, 0.717) is 16.7 Å². The first-order valence-electron chi connectivity index (χ1n) is 4.63. The fraction of sp³-hybridized carbons (Fsp3) is 0.100. The molecule has 0 saturated heterocycles. The van der Waals surface area contributed by atoms with Crippen molar-refractivity contribution in [1.29, 1.82) is 0 Å². The number of benzene rings is 1. The van der Waals surface area contributed by atoms with Gasteiger partial charge >= 0.3 is 0 Å². The number of hydrogen-bond donors (Lipinski definition) is 0. The van der Waals surface area contributed by atoms with Crippen LogP contribution in [0.2, 0.25) is 0 Å². The van der Waals surface area contributed by atoms with Crippen molar-refractivity contribution < 1.29 is 4.79 Å². The average Bonchev–Trinajstić information content (AvgIpc) is 2.81. The highest BCUT2D eigenvalue weighted by atomic mass is 79.9. The van der Waals surface area contributed by atoms with Crippen molar-refractivity contribution in [3.63, 3.8) is 0 Å². The lowest BCUT2D eigenvalue weighted by Gasteiger charge is -1.95. The van der Waals surface area contributed by atoms with E-state index < -0.39 is 0 Å². The van der Waals surface area contributed by atoms with E-state index in [1.54, 1.807) is 0 Å². The predicted molar refractivity (Wildman–Crippen MR) is 64.5 cm³/mol. The molecule has 0 radical (unpaired) electrons. The predicted octanol–water partition coefficient (Wildman–Crippen LogP) is 2.45. The van der Waals surface area contributed by atoms with Gasteiger partial charge in [0.1, 0.15) is 0 Å². The van der Waals surface area contributed by atoms with Crippen molar-refractivity contribution in [2.75, 3.05) is 5.75 Å². The van der Waals surface area contributed by atoms with Crippen LogP contribution in [0.4, 0.5) is 0 Å². The average molecular weight is 296 g/mol. The molecule has 1 aliphatic rings. The summed E-state index contributed by atoms with van der Waals surface area (Å²) in [5.41, 5.74) is 0.907. The minimum Gasteiger partial charge on any atom is -0.271 e. The fourth-order valence-corrected chi connectivity index (χ4v) is 2.68. The second kappa shape index (κ2) is 3.71. The molecule has 1 aromatic heterocycles. The molecule has 3 rings (SSSR count). The van der Waals surface area contributed by atoms with Gasteiger partial charge in [-0.25, -0.2) is 4.98 Å². The third-order valence-corrected chi connectivity index (χ3v) is 3.63. The molecule has 1 aliphatic heterocycles. The van der Waals surface area contributed by atoms with Gasteiger partial charge in [-0.05, 0) is 12.1 Å². The summed E-state index contributed by atoms with van der Waals surface area (Å²) in [7, 11) is 0. The summed E-state index contributed by atoms with van der Waals surface area (Å²) in [6.07, 6.45) is 0. The van der Waals surface area contributed by atoms with Crippen molar-refractivity contribution in [2.24, 2.45) is 0 Å². The van der Waals surface area contributed by atoms with Gasteiger partial charge in [-0.3, -0.25) is 4.79 Å². The van der Waals surface area contributed by atoms with E-state index in [0.717, 1.165) is 10.0 Å². The first-order valence-corrected chi connectivity index (χ1v) is 6.41. The zero-order valence-electron chi connectivity index (χ0n) is 8.05. The van der Waals surface area contributed by atoms with Gasteiger partial charge in [0.25, 0.3) is 5.91 Å². The first kappa shape index (κ1) is 10.0. The second-order valence-corrected chi connectivity index (χ2v) is 5.18. The molecule has 0 saturated carbocycles. The molecule has 4 nitrogen and oxygen atoms in total. The van der Waals surface area contributed by atoms with Crippen LogP contribution >= 0.6 is 27.7 Å². The highest BCUT2D eigenvalue weighted by molar-refractivity contribution is 9.10. The normalized spacial score (nSPS) is 14.2. The number of fused-ring (bicyclic) bond motifs is 1. The van der Waals surface area contributed by atoms with Crippen molar-refractivity contribution in [1.82, 2.24) is 14.8 Å². The van der Waals surface area contributed by atoms with E-state index in [-0.39, 0.29) is 5.91 Å². The molecule has 80 valence electrons. The third-order valence-electron chi connectivity index (χ3n) is 2.22. The quantitative estimate of drug-likeness (QED) is 0.811. The fourth-order valence-electron chi connectivity index (χ4n) is 1.49. The van der Waals surface area contributed by atoms with Gasteiger partial charge in [0.15, 0.2) is 11.0 Å².